The van der Waals surface area contributed by atoms with E-state index < -0.39 is 0 Å². The summed E-state index contributed by atoms with van der Waals surface area (Å²) in [5.41, 5.74) is 1.43. The molecule has 2 nitrogen and oxygen atoms in total. The molecule has 1 heterocycles. The molecule has 1 aromatic carbocycles. The van der Waals surface area contributed by atoms with E-state index in [1.54, 1.807) is 0 Å². The average Bonchev–Trinajstić information content (AvgIpc) is 2.42. The smallest absolute Gasteiger partial charge is 0.138 e. The van der Waals surface area contributed by atoms with Gasteiger partial charge in [0.1, 0.15) is 11.9 Å². The lowest BCUT2D eigenvalue weighted by Crippen LogP contribution is -2.37. The summed E-state index contributed by atoms with van der Waals surface area (Å²) >= 11 is 6.37. The van der Waals surface area contributed by atoms with Gasteiger partial charge in [0.15, 0.2) is 0 Å². The molecule has 106 valence electrons. The highest BCUT2D eigenvalue weighted by Crippen LogP contribution is 2.33. The van der Waals surface area contributed by atoms with Gasteiger partial charge >= 0.3 is 0 Å². The molecule has 0 spiro atoms. The Hall–Kier alpha value is -0.730. The minimum absolute atomic E-state index is 0.161. The van der Waals surface area contributed by atoms with Gasteiger partial charge in [0.05, 0.1) is 5.02 Å². The highest BCUT2D eigenvalue weighted by Gasteiger charge is 2.20. The Morgan fingerprint density at radius 2 is 2.21 bits per heavy atom. The van der Waals surface area contributed by atoms with E-state index in [-0.39, 0.29) is 11.5 Å². The number of hydrogen-bond donors (Lipinski definition) is 1. The van der Waals surface area contributed by atoms with E-state index in [1.807, 2.05) is 6.07 Å². The molecular weight excluding hydrogens is 258 g/mol. The molecule has 3 heteroatoms. The van der Waals surface area contributed by atoms with Crippen LogP contribution in [0.2, 0.25) is 5.02 Å². The van der Waals surface area contributed by atoms with E-state index in [2.05, 4.69) is 38.2 Å². The Morgan fingerprint density at radius 1 is 1.42 bits per heavy atom. The maximum Gasteiger partial charge on any atom is 0.138 e. The van der Waals surface area contributed by atoms with Crippen molar-refractivity contribution in [3.63, 3.8) is 0 Å². The maximum absolute atomic E-state index is 6.37. The number of ether oxygens (including phenoxy) is 1. The zero-order valence-electron chi connectivity index (χ0n) is 12.1. The summed E-state index contributed by atoms with van der Waals surface area (Å²) in [6.45, 7) is 8.69. The van der Waals surface area contributed by atoms with Gasteiger partial charge in [0, 0.05) is 6.54 Å². The third kappa shape index (κ3) is 3.64. The van der Waals surface area contributed by atoms with Crippen LogP contribution in [0, 0.1) is 0 Å². The summed E-state index contributed by atoms with van der Waals surface area (Å²) in [5, 5.41) is 4.08. The lowest BCUT2D eigenvalue weighted by atomic mass is 9.82. The summed E-state index contributed by atoms with van der Waals surface area (Å²) in [6.07, 6.45) is 3.61. The molecule has 1 atom stereocenters. The second-order valence-corrected chi connectivity index (χ2v) is 6.38. The summed E-state index contributed by atoms with van der Waals surface area (Å²) in [5.74, 6) is 0.811. The largest absolute Gasteiger partial charge is 0.488 e. The van der Waals surface area contributed by atoms with Crippen molar-refractivity contribution >= 4 is 11.6 Å². The first-order valence-electron chi connectivity index (χ1n) is 7.20. The Kier molecular flexibility index (Phi) is 4.75. The number of rotatable bonds is 4. The van der Waals surface area contributed by atoms with E-state index in [0.29, 0.717) is 0 Å². The van der Waals surface area contributed by atoms with E-state index in [0.717, 1.165) is 36.7 Å². The molecule has 1 aromatic rings. The Morgan fingerprint density at radius 3 is 2.79 bits per heavy atom. The van der Waals surface area contributed by atoms with Crippen LogP contribution in [0.1, 0.15) is 45.6 Å². The molecule has 0 aromatic heterocycles. The molecule has 19 heavy (non-hydrogen) atoms. The van der Waals surface area contributed by atoms with Crippen molar-refractivity contribution in [3.8, 4) is 5.75 Å². The quantitative estimate of drug-likeness (QED) is 0.895. The van der Waals surface area contributed by atoms with Crippen LogP contribution in [0.25, 0.3) is 0 Å². The van der Waals surface area contributed by atoms with Crippen molar-refractivity contribution in [2.45, 2.75) is 51.6 Å². The Balaban J connectivity index is 2.10. The van der Waals surface area contributed by atoms with Gasteiger partial charge in [-0.25, -0.2) is 0 Å². The van der Waals surface area contributed by atoms with Crippen LogP contribution in [-0.2, 0) is 5.41 Å². The fourth-order valence-electron chi connectivity index (χ4n) is 2.32. The SMILES string of the molecule is CCC(C)(C)c1ccc(O[C@H]2CCCNC2)c(Cl)c1. The van der Waals surface area contributed by atoms with E-state index in [9.17, 15) is 0 Å². The normalized spacial score (nSPS) is 20.3. The lowest BCUT2D eigenvalue weighted by Gasteiger charge is -2.26. The van der Waals surface area contributed by atoms with Gasteiger partial charge in [-0.3, -0.25) is 0 Å². The molecule has 0 saturated carbocycles. The van der Waals surface area contributed by atoms with Crippen LogP contribution in [0.15, 0.2) is 18.2 Å². The molecule has 0 radical (unpaired) electrons. The van der Waals surface area contributed by atoms with Gasteiger partial charge in [0.2, 0.25) is 0 Å². The molecular formula is C16H24ClNO. The van der Waals surface area contributed by atoms with Gasteiger partial charge in [-0.05, 0) is 48.9 Å². The van der Waals surface area contributed by atoms with Crippen molar-refractivity contribution in [1.29, 1.82) is 0 Å². The van der Waals surface area contributed by atoms with Crippen molar-refractivity contribution in [2.75, 3.05) is 13.1 Å². The van der Waals surface area contributed by atoms with Gasteiger partial charge < -0.3 is 10.1 Å². The molecule has 1 aliphatic heterocycles. The average molecular weight is 282 g/mol. The van der Waals surface area contributed by atoms with Gasteiger partial charge in [-0.2, -0.15) is 0 Å². The van der Waals surface area contributed by atoms with Gasteiger partial charge in [-0.1, -0.05) is 38.4 Å². The van der Waals surface area contributed by atoms with E-state index >= 15 is 0 Å². The summed E-state index contributed by atoms with van der Waals surface area (Å²) in [4.78, 5) is 0. The number of hydrogen-bond acceptors (Lipinski definition) is 2. The standard InChI is InChI=1S/C16H24ClNO/c1-4-16(2,3)12-7-8-15(14(17)10-12)19-13-6-5-9-18-11-13/h7-8,10,13,18H,4-6,9,11H2,1-3H3/t13-/m0/s1. The van der Waals surface area contributed by atoms with E-state index in [4.69, 9.17) is 16.3 Å². The third-order valence-electron chi connectivity index (χ3n) is 4.14. The number of nitrogens with one attached hydrogen (secondary N) is 1. The molecule has 0 aliphatic carbocycles. The molecule has 1 aliphatic rings. The Bertz CT molecular complexity index is 425. The predicted molar refractivity (Wildman–Crippen MR) is 81.3 cm³/mol. The van der Waals surface area contributed by atoms with Crippen LogP contribution in [0.5, 0.6) is 5.75 Å². The number of halogens is 1. The monoisotopic (exact) mass is 281 g/mol. The molecule has 1 saturated heterocycles. The summed E-state index contributed by atoms with van der Waals surface area (Å²) < 4.78 is 5.99. The van der Waals surface area contributed by atoms with Crippen molar-refractivity contribution in [2.24, 2.45) is 0 Å². The molecule has 0 bridgehead atoms. The second-order valence-electron chi connectivity index (χ2n) is 5.97. The van der Waals surface area contributed by atoms with Gasteiger partial charge in [0.25, 0.3) is 0 Å². The van der Waals surface area contributed by atoms with Crippen LogP contribution in [0.4, 0.5) is 0 Å². The van der Waals surface area contributed by atoms with E-state index in [1.165, 1.54) is 12.0 Å². The number of piperidine rings is 1. The minimum atomic E-state index is 0.161. The first kappa shape index (κ1) is 14.7. The lowest BCUT2D eigenvalue weighted by molar-refractivity contribution is 0.167. The van der Waals surface area contributed by atoms with Gasteiger partial charge in [-0.15, -0.1) is 0 Å². The topological polar surface area (TPSA) is 21.3 Å². The fourth-order valence-corrected chi connectivity index (χ4v) is 2.55. The molecule has 0 amide bonds. The van der Waals surface area contributed by atoms with Crippen LogP contribution < -0.4 is 10.1 Å². The fraction of sp³-hybridized carbons (Fsp3) is 0.625. The van der Waals surface area contributed by atoms with Crippen LogP contribution >= 0.6 is 11.6 Å². The number of benzene rings is 1. The first-order valence-corrected chi connectivity index (χ1v) is 7.58. The predicted octanol–water partition coefficient (Wildman–Crippen LogP) is 4.16. The molecule has 1 fully saturated rings. The van der Waals surface area contributed by atoms with Crippen molar-refractivity contribution in [3.05, 3.63) is 28.8 Å². The van der Waals surface area contributed by atoms with Crippen molar-refractivity contribution < 1.29 is 4.74 Å². The maximum atomic E-state index is 6.37. The highest BCUT2D eigenvalue weighted by molar-refractivity contribution is 6.32. The zero-order chi connectivity index (χ0) is 13.9. The van der Waals surface area contributed by atoms with Crippen LogP contribution in [-0.4, -0.2) is 19.2 Å². The molecule has 2 rings (SSSR count). The van der Waals surface area contributed by atoms with Crippen LogP contribution in [0.3, 0.4) is 0 Å². The zero-order valence-corrected chi connectivity index (χ0v) is 12.9. The second kappa shape index (κ2) is 6.15. The molecule has 1 N–H and O–H groups in total. The first-order chi connectivity index (χ1) is 9.03. The van der Waals surface area contributed by atoms with Crippen molar-refractivity contribution in [1.82, 2.24) is 5.32 Å². The summed E-state index contributed by atoms with van der Waals surface area (Å²) in [7, 11) is 0. The minimum Gasteiger partial charge on any atom is -0.488 e. The summed E-state index contributed by atoms with van der Waals surface area (Å²) in [6, 6.07) is 6.21. The molecule has 0 unspecified atom stereocenters. The highest BCUT2D eigenvalue weighted by atomic mass is 35.5. The Labute approximate surface area is 121 Å². The third-order valence-corrected chi connectivity index (χ3v) is 4.44.